The number of rotatable bonds is 19. The predicted octanol–water partition coefficient (Wildman–Crippen LogP) is -4.53. The van der Waals surface area contributed by atoms with Crippen molar-refractivity contribution in [3.8, 4) is 0 Å². The molecule has 0 saturated heterocycles. The molecule has 0 atom stereocenters. The Labute approximate surface area is 194 Å². The molecule has 0 aliphatic carbocycles. The molecule has 17 heteroatoms. The fraction of sp³-hybridized carbons (Fsp3) is 0.812. The van der Waals surface area contributed by atoms with Crippen molar-refractivity contribution in [2.75, 3.05) is 64.9 Å². The first kappa shape index (κ1) is 31.9. The molecule has 0 rings (SSSR count). The number of amides is 3. The first-order valence-corrected chi connectivity index (χ1v) is 14.7. The van der Waals surface area contributed by atoms with Gasteiger partial charge in [0.1, 0.15) is 0 Å². The molecule has 198 valence electrons. The molecule has 3 amide bonds. The van der Waals surface area contributed by atoms with Crippen molar-refractivity contribution in [2.45, 2.75) is 19.8 Å². The van der Waals surface area contributed by atoms with Crippen molar-refractivity contribution in [1.29, 1.82) is 0 Å². The summed E-state index contributed by atoms with van der Waals surface area (Å²) in [6.45, 7) is 4.44. The fourth-order valence-corrected chi connectivity index (χ4v) is 4.47. The molecule has 15 nitrogen and oxygen atoms in total. The average Bonchev–Trinajstić information content (AvgIpc) is 2.65. The van der Waals surface area contributed by atoms with Crippen LogP contribution in [0.25, 0.3) is 0 Å². The molecule has 0 heterocycles. The number of hydrogen-bond donors (Lipinski definition) is 11. The van der Waals surface area contributed by atoms with Crippen LogP contribution in [-0.2, 0) is 14.4 Å². The third-order valence-electron chi connectivity index (χ3n) is 3.94. The quantitative estimate of drug-likeness (QED) is 0.0569. The Morgan fingerprint density at radius 2 is 1.06 bits per heavy atom. The van der Waals surface area contributed by atoms with Crippen LogP contribution in [0.4, 0.5) is 0 Å². The van der Waals surface area contributed by atoms with Gasteiger partial charge in [0.15, 0.2) is 0 Å². The topological polar surface area (TPSA) is 236 Å². The number of carbonyl (C=O) groups is 3. The van der Waals surface area contributed by atoms with E-state index in [1.807, 2.05) is 6.92 Å². The van der Waals surface area contributed by atoms with Crippen molar-refractivity contribution >= 4 is 33.6 Å². The van der Waals surface area contributed by atoms with Crippen molar-refractivity contribution in [3.05, 3.63) is 0 Å². The van der Waals surface area contributed by atoms with E-state index in [0.29, 0.717) is 32.6 Å². The van der Waals surface area contributed by atoms with Gasteiger partial charge in [-0.3, -0.25) is 4.79 Å². The van der Waals surface area contributed by atoms with E-state index < -0.39 is 40.9 Å². The van der Waals surface area contributed by atoms with E-state index in [1.54, 1.807) is 0 Å². The minimum atomic E-state index is -4.63. The van der Waals surface area contributed by atoms with Crippen LogP contribution in [-0.4, -0.2) is 117 Å². The zero-order chi connectivity index (χ0) is 25.3. The summed E-state index contributed by atoms with van der Waals surface area (Å²) in [6.07, 6.45) is -0.979. The van der Waals surface area contributed by atoms with E-state index in [4.69, 9.17) is 29.4 Å². The average molecular weight is 522 g/mol. The summed E-state index contributed by atoms with van der Waals surface area (Å²) in [5.74, 6) is -0.937. The van der Waals surface area contributed by atoms with Gasteiger partial charge >= 0.3 is 133 Å². The van der Waals surface area contributed by atoms with E-state index >= 15 is 0 Å². The predicted molar refractivity (Wildman–Crippen MR) is 126 cm³/mol. The Bertz CT molecular complexity index is 574. The van der Waals surface area contributed by atoms with Gasteiger partial charge in [0.25, 0.3) is 0 Å². The molecule has 0 aliphatic heterocycles. The molecule has 33 heavy (non-hydrogen) atoms. The van der Waals surface area contributed by atoms with Crippen LogP contribution in [0, 0.1) is 0 Å². The summed E-state index contributed by atoms with van der Waals surface area (Å²) >= 11 is 0. The number of hydrogen-bond acceptors (Lipinski definition) is 12. The number of carbonyl (C=O) groups excluding carboxylic acids is 3. The van der Waals surface area contributed by atoms with Crippen molar-refractivity contribution in [2.24, 2.45) is 0 Å². The molecule has 0 unspecified atom stereocenters. The van der Waals surface area contributed by atoms with E-state index in [0.717, 1.165) is 11.4 Å². The Morgan fingerprint density at radius 1 is 0.636 bits per heavy atom. The minimum absolute atomic E-state index is 0.0448. The zero-order valence-electron chi connectivity index (χ0n) is 18.8. The van der Waals surface area contributed by atoms with Crippen LogP contribution < -0.4 is 26.6 Å². The maximum atomic E-state index is 11.9. The van der Waals surface area contributed by atoms with Crippen LogP contribution in [0.2, 0.25) is 0 Å². The standard InChI is InChI=1S/C16H40N6O9P2/c1-2-17-5-3-14(23)19-8-7-18-6-4-15(24)20-9-10-21-16(25)11-22(12-32(26,27)28)13-33(29,30)31/h17-18,26-33H,2-13H2,1H3,(H,19,23)(H,20,24)(H,21,25). The third-order valence-corrected chi connectivity index (χ3v) is 5.68. The van der Waals surface area contributed by atoms with Gasteiger partial charge in [-0.1, -0.05) is 6.92 Å². The Morgan fingerprint density at radius 3 is 1.52 bits per heavy atom. The Hall–Kier alpha value is -1.09. The normalized spacial score (nSPS) is 13.0. The number of nitrogens with zero attached hydrogens (tertiary/aromatic N) is 1. The van der Waals surface area contributed by atoms with Gasteiger partial charge in [-0.05, 0) is 6.54 Å². The molecule has 0 fully saturated rings. The van der Waals surface area contributed by atoms with Gasteiger partial charge in [-0.15, -0.1) is 0 Å². The van der Waals surface area contributed by atoms with E-state index in [9.17, 15) is 14.4 Å². The van der Waals surface area contributed by atoms with E-state index in [2.05, 4.69) is 26.6 Å². The SMILES string of the molecule is CCNCCC(=O)NCCNCCC(=O)NCCNC(=O)CN(C[PH](O)(O)O)C[PH](O)(O)O. The number of nitrogens with one attached hydrogen (secondary N) is 5. The molecule has 0 radical (unpaired) electrons. The molecule has 0 aromatic carbocycles. The molecule has 11 N–H and O–H groups in total. The third kappa shape index (κ3) is 22.5. The van der Waals surface area contributed by atoms with E-state index in [1.165, 1.54) is 0 Å². The molecule has 0 saturated carbocycles. The zero-order valence-corrected chi connectivity index (χ0v) is 20.8. The molecule has 0 aromatic rings. The van der Waals surface area contributed by atoms with Gasteiger partial charge in [0.2, 0.25) is 5.91 Å². The van der Waals surface area contributed by atoms with Crippen molar-refractivity contribution < 1.29 is 43.7 Å². The van der Waals surface area contributed by atoms with Crippen LogP contribution in [0.3, 0.4) is 0 Å². The molecular formula is C16H40N6O9P2. The maximum absolute atomic E-state index is 11.9. The molecule has 0 aliphatic rings. The first-order chi connectivity index (χ1) is 15.3. The van der Waals surface area contributed by atoms with Crippen LogP contribution in [0.1, 0.15) is 19.8 Å². The Balaban J connectivity index is 3.89. The summed E-state index contributed by atoms with van der Waals surface area (Å²) in [6, 6.07) is 0. The molecule has 0 spiro atoms. The van der Waals surface area contributed by atoms with Crippen LogP contribution in [0.15, 0.2) is 0 Å². The summed E-state index contributed by atoms with van der Waals surface area (Å²) in [5.41, 5.74) is 0. The van der Waals surface area contributed by atoms with Crippen LogP contribution in [0.5, 0.6) is 0 Å². The monoisotopic (exact) mass is 522 g/mol. The molecular weight excluding hydrogens is 482 g/mol. The Kier molecular flexibility index (Phi) is 16.8. The van der Waals surface area contributed by atoms with Crippen molar-refractivity contribution in [1.82, 2.24) is 31.5 Å². The van der Waals surface area contributed by atoms with E-state index in [-0.39, 0.29) is 31.3 Å². The van der Waals surface area contributed by atoms with Gasteiger partial charge in [-0.2, -0.15) is 0 Å². The second-order valence-electron chi connectivity index (χ2n) is 7.35. The van der Waals surface area contributed by atoms with Crippen LogP contribution >= 0.6 is 15.9 Å². The second-order valence-corrected chi connectivity index (χ2v) is 11.1. The van der Waals surface area contributed by atoms with Gasteiger partial charge in [-0.25, -0.2) is 0 Å². The summed E-state index contributed by atoms with van der Waals surface area (Å²) in [4.78, 5) is 90.8. The fourth-order valence-electron chi connectivity index (χ4n) is 2.60. The first-order valence-electron chi connectivity index (χ1n) is 10.6. The summed E-state index contributed by atoms with van der Waals surface area (Å²) in [5, 5.41) is 13.9. The van der Waals surface area contributed by atoms with Gasteiger partial charge in [0.05, 0.1) is 0 Å². The molecule has 0 bridgehead atoms. The summed E-state index contributed by atoms with van der Waals surface area (Å²) in [7, 11) is -9.25. The van der Waals surface area contributed by atoms with Gasteiger partial charge in [0, 0.05) is 26.1 Å². The van der Waals surface area contributed by atoms with Crippen molar-refractivity contribution in [3.63, 3.8) is 0 Å². The summed E-state index contributed by atoms with van der Waals surface area (Å²) < 4.78 is 0. The van der Waals surface area contributed by atoms with Gasteiger partial charge < -0.3 is 10.6 Å². The second kappa shape index (κ2) is 17.4. The molecule has 0 aromatic heterocycles.